The van der Waals surface area contributed by atoms with Crippen molar-refractivity contribution in [1.82, 2.24) is 15.2 Å². The van der Waals surface area contributed by atoms with Crippen LogP contribution in [0.3, 0.4) is 0 Å². The van der Waals surface area contributed by atoms with Gasteiger partial charge in [0, 0.05) is 37.1 Å². The molecule has 4 nitrogen and oxygen atoms in total. The first-order valence-corrected chi connectivity index (χ1v) is 5.24. The molecule has 0 saturated carbocycles. The van der Waals surface area contributed by atoms with E-state index >= 15 is 0 Å². The molecule has 0 unspecified atom stereocenters. The first-order chi connectivity index (χ1) is 7.63. The molecule has 0 radical (unpaired) electrons. The molecule has 0 spiro atoms. The molecule has 0 atom stereocenters. The molecule has 0 aromatic carbocycles. The molecule has 1 rings (SSSR count). The first-order valence-electron chi connectivity index (χ1n) is 5.24. The van der Waals surface area contributed by atoms with E-state index in [0.717, 1.165) is 17.8 Å². The summed E-state index contributed by atoms with van der Waals surface area (Å²) in [4.78, 5) is 6.27. The van der Waals surface area contributed by atoms with Crippen LogP contribution in [0.5, 0.6) is 5.88 Å². The Labute approximate surface area is 96.9 Å². The molecule has 0 aliphatic rings. The van der Waals surface area contributed by atoms with Gasteiger partial charge in [-0.25, -0.2) is 4.98 Å². The highest BCUT2D eigenvalue weighted by molar-refractivity contribution is 5.60. The summed E-state index contributed by atoms with van der Waals surface area (Å²) in [6.45, 7) is 5.39. The van der Waals surface area contributed by atoms with Crippen molar-refractivity contribution in [2.45, 2.75) is 0 Å². The van der Waals surface area contributed by atoms with Crippen LogP contribution in [0.25, 0.3) is 5.70 Å². The van der Waals surface area contributed by atoms with E-state index in [0.29, 0.717) is 12.5 Å². The molecule has 0 fully saturated rings. The third-order valence-corrected chi connectivity index (χ3v) is 2.18. The van der Waals surface area contributed by atoms with Gasteiger partial charge < -0.3 is 15.0 Å². The number of rotatable bonds is 6. The van der Waals surface area contributed by atoms with Crippen molar-refractivity contribution < 1.29 is 4.74 Å². The van der Waals surface area contributed by atoms with Crippen LogP contribution in [0.2, 0.25) is 0 Å². The third kappa shape index (κ3) is 3.90. The Morgan fingerprint density at radius 3 is 2.75 bits per heavy atom. The summed E-state index contributed by atoms with van der Waals surface area (Å²) < 4.78 is 5.48. The van der Waals surface area contributed by atoms with Crippen LogP contribution in [-0.4, -0.2) is 44.2 Å². The summed E-state index contributed by atoms with van der Waals surface area (Å²) in [7, 11) is 5.86. The van der Waals surface area contributed by atoms with Gasteiger partial charge in [0.25, 0.3) is 0 Å². The van der Waals surface area contributed by atoms with Crippen molar-refractivity contribution in [3.8, 4) is 5.88 Å². The Bertz CT molecular complexity index is 333. The molecule has 88 valence electrons. The molecule has 0 amide bonds. The second-order valence-electron chi connectivity index (χ2n) is 3.77. The monoisotopic (exact) mass is 221 g/mol. The summed E-state index contributed by atoms with van der Waals surface area (Å²) in [5.74, 6) is 0.648. The number of hydrogen-bond donors (Lipinski definition) is 1. The molecule has 0 aliphatic heterocycles. The minimum Gasteiger partial charge on any atom is -0.476 e. The van der Waals surface area contributed by atoms with Gasteiger partial charge in [-0.05, 0) is 20.2 Å². The average molecular weight is 221 g/mol. The van der Waals surface area contributed by atoms with Crippen LogP contribution in [-0.2, 0) is 0 Å². The number of likely N-dealkylation sites (N-methyl/N-ethyl adjacent to an activating group) is 1. The molecule has 1 aromatic rings. The van der Waals surface area contributed by atoms with Gasteiger partial charge in [-0.1, -0.05) is 6.58 Å². The maximum Gasteiger partial charge on any atom is 0.213 e. The number of nitrogens with zero attached hydrogens (tertiary/aromatic N) is 2. The van der Waals surface area contributed by atoms with Crippen molar-refractivity contribution in [3.05, 3.63) is 30.5 Å². The van der Waals surface area contributed by atoms with Crippen LogP contribution < -0.4 is 10.1 Å². The molecule has 1 N–H and O–H groups in total. The zero-order chi connectivity index (χ0) is 12.0. The normalized spacial score (nSPS) is 10.2. The van der Waals surface area contributed by atoms with E-state index in [4.69, 9.17) is 4.74 Å². The smallest absolute Gasteiger partial charge is 0.213 e. The first kappa shape index (κ1) is 12.5. The fraction of sp³-hybridized carbons (Fsp3) is 0.417. The second kappa shape index (κ2) is 6.12. The molecule has 0 aliphatic carbocycles. The van der Waals surface area contributed by atoms with Gasteiger partial charge in [0.05, 0.1) is 0 Å². The van der Waals surface area contributed by atoms with E-state index in [1.807, 2.05) is 33.3 Å². The highest BCUT2D eigenvalue weighted by Crippen LogP contribution is 2.11. The molecular formula is C12H19N3O. The van der Waals surface area contributed by atoms with E-state index in [-0.39, 0.29) is 0 Å². The fourth-order valence-electron chi connectivity index (χ4n) is 1.12. The number of pyridine rings is 1. The molecule has 1 heterocycles. The van der Waals surface area contributed by atoms with Crippen molar-refractivity contribution in [2.24, 2.45) is 0 Å². The van der Waals surface area contributed by atoms with Gasteiger partial charge in [0.15, 0.2) is 0 Å². The summed E-state index contributed by atoms with van der Waals surface area (Å²) in [6, 6.07) is 3.80. The standard InChI is InChI=1S/C12H19N3O/c1-10(13-2)11-5-6-12(14-9-11)16-8-7-15(3)4/h5-6,9,13H,1,7-8H2,2-4H3. The lowest BCUT2D eigenvalue weighted by atomic mass is 10.2. The van der Waals surface area contributed by atoms with Crippen molar-refractivity contribution in [2.75, 3.05) is 34.3 Å². The van der Waals surface area contributed by atoms with Crippen molar-refractivity contribution >= 4 is 5.70 Å². The number of ether oxygens (including phenoxy) is 1. The SMILES string of the molecule is C=C(NC)c1ccc(OCCN(C)C)nc1. The Morgan fingerprint density at radius 2 is 2.25 bits per heavy atom. The third-order valence-electron chi connectivity index (χ3n) is 2.18. The molecule has 0 bridgehead atoms. The van der Waals surface area contributed by atoms with Gasteiger partial charge in [0.2, 0.25) is 5.88 Å². The van der Waals surface area contributed by atoms with Gasteiger partial charge in [-0.2, -0.15) is 0 Å². The van der Waals surface area contributed by atoms with Crippen LogP contribution in [0.4, 0.5) is 0 Å². The second-order valence-corrected chi connectivity index (χ2v) is 3.77. The minimum atomic E-state index is 0.645. The number of aromatic nitrogens is 1. The van der Waals surface area contributed by atoms with Gasteiger partial charge >= 0.3 is 0 Å². The van der Waals surface area contributed by atoms with E-state index in [2.05, 4.69) is 21.8 Å². The van der Waals surface area contributed by atoms with E-state index < -0.39 is 0 Å². The Morgan fingerprint density at radius 1 is 1.50 bits per heavy atom. The van der Waals surface area contributed by atoms with Crippen LogP contribution in [0, 0.1) is 0 Å². The zero-order valence-electron chi connectivity index (χ0n) is 10.2. The fourth-order valence-corrected chi connectivity index (χ4v) is 1.12. The molecule has 4 heteroatoms. The molecule has 0 saturated heterocycles. The lowest BCUT2D eigenvalue weighted by molar-refractivity contribution is 0.254. The zero-order valence-corrected chi connectivity index (χ0v) is 10.2. The van der Waals surface area contributed by atoms with Crippen molar-refractivity contribution in [3.63, 3.8) is 0 Å². The maximum absolute atomic E-state index is 5.48. The molecular weight excluding hydrogens is 202 g/mol. The summed E-state index contributed by atoms with van der Waals surface area (Å²) in [5.41, 5.74) is 1.83. The lowest BCUT2D eigenvalue weighted by Crippen LogP contribution is -2.19. The Hall–Kier alpha value is -1.55. The van der Waals surface area contributed by atoms with E-state index in [1.54, 1.807) is 6.20 Å². The predicted octanol–water partition coefficient (Wildman–Crippen LogP) is 1.21. The number of hydrogen-bond acceptors (Lipinski definition) is 4. The van der Waals surface area contributed by atoms with Crippen LogP contribution >= 0.6 is 0 Å². The topological polar surface area (TPSA) is 37.4 Å². The largest absolute Gasteiger partial charge is 0.476 e. The quantitative estimate of drug-likeness (QED) is 0.783. The molecule has 16 heavy (non-hydrogen) atoms. The van der Waals surface area contributed by atoms with Gasteiger partial charge in [0.1, 0.15) is 6.61 Å². The van der Waals surface area contributed by atoms with Crippen molar-refractivity contribution in [1.29, 1.82) is 0 Å². The summed E-state index contributed by atoms with van der Waals surface area (Å²) >= 11 is 0. The average Bonchev–Trinajstić information content (AvgIpc) is 2.28. The maximum atomic E-state index is 5.48. The predicted molar refractivity (Wildman–Crippen MR) is 66.4 cm³/mol. The van der Waals surface area contributed by atoms with E-state index in [9.17, 15) is 0 Å². The van der Waals surface area contributed by atoms with Gasteiger partial charge in [-0.3, -0.25) is 0 Å². The molecule has 1 aromatic heterocycles. The summed E-state index contributed by atoms with van der Waals surface area (Å²) in [5, 5.41) is 2.98. The van der Waals surface area contributed by atoms with E-state index in [1.165, 1.54) is 0 Å². The van der Waals surface area contributed by atoms with Crippen LogP contribution in [0.1, 0.15) is 5.56 Å². The highest BCUT2D eigenvalue weighted by Gasteiger charge is 1.99. The Balaban J connectivity index is 2.48. The highest BCUT2D eigenvalue weighted by atomic mass is 16.5. The minimum absolute atomic E-state index is 0.645. The number of nitrogens with one attached hydrogen (secondary N) is 1. The lowest BCUT2D eigenvalue weighted by Gasteiger charge is -2.10. The van der Waals surface area contributed by atoms with Crippen LogP contribution in [0.15, 0.2) is 24.9 Å². The Kier molecular flexibility index (Phi) is 4.79. The summed E-state index contributed by atoms with van der Waals surface area (Å²) in [6.07, 6.45) is 1.75. The van der Waals surface area contributed by atoms with Gasteiger partial charge in [-0.15, -0.1) is 0 Å².